The number of pyridine rings is 3. The molecule has 0 saturated carbocycles. The minimum absolute atomic E-state index is 0.00633. The maximum atomic E-state index is 13.1. The van der Waals surface area contributed by atoms with Gasteiger partial charge in [0.05, 0.1) is 113 Å². The molecule has 0 fully saturated rings. The Labute approximate surface area is 842 Å². The van der Waals surface area contributed by atoms with Crippen LogP contribution in [0.15, 0.2) is 279 Å². The smallest absolute Gasteiger partial charge is 0.276 e. The molecule has 31 nitrogen and oxygen atoms in total. The second kappa shape index (κ2) is 47.6. The van der Waals surface area contributed by atoms with E-state index in [9.17, 15) is 74.5 Å². The summed E-state index contributed by atoms with van der Waals surface area (Å²) in [5, 5.41) is 40.4. The van der Waals surface area contributed by atoms with Crippen LogP contribution >= 0.6 is 79.4 Å². The van der Waals surface area contributed by atoms with E-state index in [0.29, 0.717) is 58.1 Å². The van der Waals surface area contributed by atoms with Crippen LogP contribution in [-0.2, 0) is 0 Å². The fourth-order valence-corrected chi connectivity index (χ4v) is 18.8. The van der Waals surface area contributed by atoms with E-state index in [1.165, 1.54) is 219 Å². The van der Waals surface area contributed by atoms with Gasteiger partial charge in [-0.15, -0.1) is 0 Å². The van der Waals surface area contributed by atoms with E-state index in [2.05, 4.69) is 87.1 Å². The van der Waals surface area contributed by atoms with Crippen LogP contribution < -0.4 is 60.9 Å². The molecule has 0 aliphatic rings. The van der Waals surface area contributed by atoms with E-state index in [0.717, 1.165) is 108 Å². The molecule has 0 aliphatic heterocycles. The van der Waals surface area contributed by atoms with Crippen LogP contribution in [0.25, 0.3) is 71.5 Å². The van der Waals surface area contributed by atoms with Gasteiger partial charge >= 0.3 is 0 Å². The average molecular weight is 2080 g/mol. The summed E-state index contributed by atoms with van der Waals surface area (Å²) in [5.74, 6) is -2.36. The number of fused-ring (bicyclic) bond motifs is 7. The molecule has 45 heteroatoms. The second-order valence-electron chi connectivity index (χ2n) is 29.4. The van der Waals surface area contributed by atoms with Gasteiger partial charge in [0.25, 0.3) is 41.4 Å². The number of amides is 7. The lowest BCUT2D eigenvalue weighted by molar-refractivity contribution is 0.101. The first-order valence-electron chi connectivity index (χ1n) is 42.0. The Kier molecular flexibility index (Phi) is 33.5. The van der Waals surface area contributed by atoms with Gasteiger partial charge < -0.3 is 33.9 Å². The van der Waals surface area contributed by atoms with Crippen LogP contribution in [0.5, 0.6) is 40.2 Å². The number of aromatic hydroxyl groups is 2. The Morgan fingerprint density at radius 1 is 0.241 bits per heavy atom. The molecule has 730 valence electrons. The molecule has 0 saturated heterocycles. The van der Waals surface area contributed by atoms with Crippen molar-refractivity contribution in [2.45, 2.75) is 0 Å². The molecule has 0 spiro atoms. The summed E-state index contributed by atoms with van der Waals surface area (Å²) in [6, 6.07) is 67.3. The van der Waals surface area contributed by atoms with Crippen LogP contribution in [-0.4, -0.2) is 137 Å². The van der Waals surface area contributed by atoms with E-state index in [4.69, 9.17) is 23.7 Å². The minimum atomic E-state index is -0.698. The molecule has 11 aromatic carbocycles. The fraction of sp³-hybridized carbons (Fsp3) is 0.0500. The number of ether oxygens (including phenoxy) is 5. The van der Waals surface area contributed by atoms with Crippen molar-refractivity contribution < 1.29 is 98.2 Å². The molecule has 21 aromatic rings. The number of benzene rings is 11. The van der Waals surface area contributed by atoms with Gasteiger partial charge in [-0.25, -0.2) is 71.2 Å². The summed E-state index contributed by atoms with van der Waals surface area (Å²) in [6.45, 7) is 0. The fourth-order valence-electron chi connectivity index (χ4n) is 12.6. The van der Waals surface area contributed by atoms with E-state index >= 15 is 0 Å². The van der Waals surface area contributed by atoms with Crippen molar-refractivity contribution in [3.05, 3.63) is 360 Å². The Bertz CT molecular complexity index is 7870. The van der Waals surface area contributed by atoms with Crippen molar-refractivity contribution in [2.75, 3.05) is 72.8 Å². The van der Waals surface area contributed by atoms with Gasteiger partial charge in [-0.3, -0.25) is 75.8 Å². The molecule has 0 unspecified atom stereocenters. The quantitative estimate of drug-likeness (QED) is 0.0268. The summed E-state index contributed by atoms with van der Waals surface area (Å²) in [6.07, 6.45) is 2.24. The number of hydrogen-bond donors (Lipinski definition) is 9. The minimum Gasteiger partial charge on any atom is -0.508 e. The maximum Gasteiger partial charge on any atom is 0.276 e. The van der Waals surface area contributed by atoms with Crippen molar-refractivity contribution >= 4 is 228 Å². The van der Waals surface area contributed by atoms with Gasteiger partial charge in [-0.1, -0.05) is 97.6 Å². The SMILES string of the molecule is COc1ccc2nc(NC(=O)c3cc([18F])ccn3)sc2c1.COc1ccc2nc(NC(=O)c3ccc([18F])cc3)sc2c1.COc1ccc2nc(NC(=O)c3ccc([18F])cn3)sc2c1.COc1ccc2nc(NC(=O)c3cccc([18F])c3)sc2c1.COc1ccc2nc(NC(=O)c3cccc([18F])n3)sc2c1.O=C(Nc1nc2ccc(O)cc2s1)c1ccc([18F])cc1.O=C(Nc1nc2ccc(O)cc2s1)c1cccc([18F])c1. The normalized spacial score (nSPS) is 10.6. The molecular formula is C100H70F7N17O14S7. The predicted molar refractivity (Wildman–Crippen MR) is 547 cm³/mol. The van der Waals surface area contributed by atoms with Gasteiger partial charge in [0.2, 0.25) is 5.95 Å². The average Bonchev–Trinajstić information content (AvgIpc) is 1.72. The molecule has 0 bridgehead atoms. The summed E-state index contributed by atoms with van der Waals surface area (Å²) >= 11 is 9.14. The number of aromatic nitrogens is 10. The second-order valence-corrected chi connectivity index (χ2v) is 36.6. The summed E-state index contributed by atoms with van der Waals surface area (Å²) in [4.78, 5) is 125. The van der Waals surface area contributed by atoms with E-state index < -0.39 is 58.7 Å². The molecule has 7 amide bonds. The zero-order valence-corrected chi connectivity index (χ0v) is 81.0. The summed E-state index contributed by atoms with van der Waals surface area (Å²) in [5.41, 5.74) is 6.58. The Hall–Kier alpha value is -17.5. The lowest BCUT2D eigenvalue weighted by Gasteiger charge is -2.00. The first kappa shape index (κ1) is 102. The predicted octanol–water partition coefficient (Wildman–Crippen LogP) is 23.5. The molecule has 0 aliphatic carbocycles. The van der Waals surface area contributed by atoms with E-state index in [1.54, 1.807) is 102 Å². The molecule has 145 heavy (non-hydrogen) atoms. The number of carbonyl (C=O) groups is 7. The number of anilines is 7. The Balaban J connectivity index is 0.000000127. The van der Waals surface area contributed by atoms with E-state index in [1.807, 2.05) is 54.6 Å². The van der Waals surface area contributed by atoms with E-state index in [-0.39, 0.29) is 63.2 Å². The highest BCUT2D eigenvalue weighted by Crippen LogP contribution is 2.37. The highest BCUT2D eigenvalue weighted by Gasteiger charge is 2.21. The monoisotopic (exact) mass is 2080 g/mol. The first-order chi connectivity index (χ1) is 70.0. The van der Waals surface area contributed by atoms with Crippen LogP contribution in [0.4, 0.5) is 66.7 Å². The molecule has 0 radical (unpaired) electrons. The van der Waals surface area contributed by atoms with Crippen molar-refractivity contribution in [3.63, 3.8) is 0 Å². The number of nitrogens with one attached hydrogen (secondary N) is 7. The highest BCUT2D eigenvalue weighted by atomic mass is 32.1. The van der Waals surface area contributed by atoms with Gasteiger partial charge in [0, 0.05) is 34.5 Å². The number of thiazole rings is 7. The van der Waals surface area contributed by atoms with Crippen molar-refractivity contribution in [1.29, 1.82) is 0 Å². The molecule has 10 heterocycles. The summed E-state index contributed by atoms with van der Waals surface area (Å²) < 4.78 is 122. The first-order valence-corrected chi connectivity index (χ1v) is 47.7. The van der Waals surface area contributed by atoms with Crippen molar-refractivity contribution in [3.8, 4) is 40.2 Å². The molecule has 9 N–H and O–H groups in total. The van der Waals surface area contributed by atoms with Gasteiger partial charge in [0.15, 0.2) is 35.9 Å². The number of halogens is 7. The lowest BCUT2D eigenvalue weighted by atomic mass is 10.2. The number of methoxy groups -OCH3 is 5. The number of nitrogens with zero attached hydrogens (tertiary/aromatic N) is 10. The van der Waals surface area contributed by atoms with Crippen molar-refractivity contribution in [2.24, 2.45) is 0 Å². The third-order valence-corrected chi connectivity index (χ3v) is 26.0. The highest BCUT2D eigenvalue weighted by molar-refractivity contribution is 7.24. The van der Waals surface area contributed by atoms with Crippen LogP contribution in [0.1, 0.15) is 72.9 Å². The number of hydrogen-bond acceptors (Lipinski definition) is 31. The van der Waals surface area contributed by atoms with Gasteiger partial charge in [-0.05, 0) is 243 Å². The summed E-state index contributed by atoms with van der Waals surface area (Å²) in [7, 11) is 7.94. The molecule has 10 aromatic heterocycles. The van der Waals surface area contributed by atoms with Gasteiger partial charge in [-0.2, -0.15) is 4.39 Å². The Morgan fingerprint density at radius 3 is 0.828 bits per heavy atom. The van der Waals surface area contributed by atoms with Crippen LogP contribution in [0.2, 0.25) is 0 Å². The molecule has 21 rings (SSSR count). The number of carbonyl (C=O) groups excluding carboxylic acids is 7. The lowest BCUT2D eigenvalue weighted by Crippen LogP contribution is -2.13. The topological polar surface area (TPSA) is 419 Å². The largest absolute Gasteiger partial charge is 0.508 e. The number of phenols is 2. The molecule has 0 atom stereocenters. The molecular weight excluding hydrogens is 2010 g/mol. The zero-order chi connectivity index (χ0) is 102. The number of phenolic OH excluding ortho intramolecular Hbond substituents is 2. The third kappa shape index (κ3) is 27.8. The van der Waals surface area contributed by atoms with Crippen molar-refractivity contribution in [1.82, 2.24) is 49.8 Å². The van der Waals surface area contributed by atoms with Gasteiger partial charge in [0.1, 0.15) is 92.2 Å². The maximum absolute atomic E-state index is 13.1. The number of rotatable bonds is 19. The van der Waals surface area contributed by atoms with Crippen LogP contribution in [0, 0.1) is 40.9 Å². The Morgan fingerprint density at radius 2 is 0.524 bits per heavy atom. The third-order valence-electron chi connectivity index (χ3n) is 19.5. The standard InChI is InChI=1S/2C15H11FN2O2S.3C14H10FN3O2S.2C14H9FN2O2S/c1-20-11-6-7-12-13(8-11)21-15(17-12)18-14(19)9-2-4-10(16)5-3-9;1-20-11-5-6-12-13(8-11)21-15(17-12)18-14(19)9-3-2-4-10(16)7-9;1-20-9-3-5-10-12(6-9)21-14(17-10)18-13(19)11-4-2-8(15)7-16-11;1-20-9-2-3-10-12(7-9)21-14(17-10)18-13(19)11-6-8(15)4-5-16-11;1-20-8-5-6-9-11(7-8)21-14(17-9)18-13(19)10-3-2-4-12(15)16-10;15-9-3-1-8(2-4-9)13(19)17-14-16-11-6-5-10(18)7-12(11)20-14;15-9-3-1-2-8(6-9)13(19)17-14-16-11-5-4-10(18)7-12(11)20-14/h2*2-8H,1H3,(H,17,18,19);3*2-7H,1H3,(H,17,18,19);2*1-7,18H,(H,16,17,19)/i2*16-1;5*15-1. The van der Waals surface area contributed by atoms with Crippen LogP contribution in [0.3, 0.4) is 0 Å². The zero-order valence-electron chi connectivity index (χ0n) is 75.3.